The molecule has 1 aromatic carbocycles. The summed E-state index contributed by atoms with van der Waals surface area (Å²) in [5.41, 5.74) is 11.9. The topological polar surface area (TPSA) is 110 Å². The molecule has 3 amide bonds. The first-order valence-electron chi connectivity index (χ1n) is 5.82. The van der Waals surface area contributed by atoms with Crippen LogP contribution in [0.25, 0.3) is 0 Å². The number of urea groups is 1. The van der Waals surface area contributed by atoms with Gasteiger partial charge in [0.2, 0.25) is 5.91 Å². The van der Waals surface area contributed by atoms with Crippen molar-refractivity contribution in [2.45, 2.75) is 6.04 Å². The van der Waals surface area contributed by atoms with E-state index in [0.717, 1.165) is 4.88 Å². The minimum Gasteiger partial charge on any atom is -0.351 e. The molecule has 1 unspecified atom stereocenters. The van der Waals surface area contributed by atoms with Crippen molar-refractivity contribution >= 4 is 34.6 Å². The SMILES string of the molecule is NC(=O)Nc1cccc(NC(=O)C(N)c2cccs2)c1. The summed E-state index contributed by atoms with van der Waals surface area (Å²) in [6.07, 6.45) is 0. The van der Waals surface area contributed by atoms with E-state index in [1.165, 1.54) is 11.3 Å². The molecule has 2 rings (SSSR count). The Bertz CT molecular complexity index is 613. The average Bonchev–Trinajstić information content (AvgIpc) is 2.91. The van der Waals surface area contributed by atoms with Crippen molar-refractivity contribution in [3.05, 3.63) is 46.7 Å². The second-order valence-corrected chi connectivity index (χ2v) is 5.03. The maximum absolute atomic E-state index is 12.0. The van der Waals surface area contributed by atoms with Crippen molar-refractivity contribution in [3.8, 4) is 0 Å². The fraction of sp³-hybridized carbons (Fsp3) is 0.0769. The van der Waals surface area contributed by atoms with Gasteiger partial charge in [0.25, 0.3) is 0 Å². The van der Waals surface area contributed by atoms with E-state index in [-0.39, 0.29) is 5.91 Å². The van der Waals surface area contributed by atoms with Gasteiger partial charge >= 0.3 is 6.03 Å². The summed E-state index contributed by atoms with van der Waals surface area (Å²) in [7, 11) is 0. The molecule has 0 saturated heterocycles. The van der Waals surface area contributed by atoms with E-state index in [4.69, 9.17) is 11.5 Å². The molecule has 1 aromatic heterocycles. The molecule has 104 valence electrons. The highest BCUT2D eigenvalue weighted by Gasteiger charge is 2.16. The lowest BCUT2D eigenvalue weighted by Crippen LogP contribution is -2.27. The minimum atomic E-state index is -0.720. The van der Waals surface area contributed by atoms with Crippen molar-refractivity contribution in [1.29, 1.82) is 0 Å². The number of thiophene rings is 1. The average molecular weight is 290 g/mol. The molecule has 0 aliphatic rings. The zero-order chi connectivity index (χ0) is 14.5. The Kier molecular flexibility index (Phi) is 4.34. The third kappa shape index (κ3) is 3.56. The first kappa shape index (κ1) is 14.0. The van der Waals surface area contributed by atoms with Gasteiger partial charge in [-0.05, 0) is 29.6 Å². The third-order valence-corrected chi connectivity index (χ3v) is 3.49. The van der Waals surface area contributed by atoms with Crippen molar-refractivity contribution in [2.75, 3.05) is 10.6 Å². The van der Waals surface area contributed by atoms with Crippen LogP contribution >= 0.6 is 11.3 Å². The van der Waals surface area contributed by atoms with Crippen molar-refractivity contribution in [3.63, 3.8) is 0 Å². The van der Waals surface area contributed by atoms with Gasteiger partial charge in [-0.15, -0.1) is 11.3 Å². The number of carbonyl (C=O) groups excluding carboxylic acids is 2. The molecule has 6 N–H and O–H groups in total. The van der Waals surface area contributed by atoms with Crippen LogP contribution in [0.2, 0.25) is 0 Å². The molecule has 0 aliphatic carbocycles. The summed E-state index contributed by atoms with van der Waals surface area (Å²) >= 11 is 1.42. The van der Waals surface area contributed by atoms with Crippen molar-refractivity contribution in [1.82, 2.24) is 0 Å². The number of nitrogens with two attached hydrogens (primary N) is 2. The molecule has 0 radical (unpaired) electrons. The van der Waals surface area contributed by atoms with Gasteiger partial charge in [-0.1, -0.05) is 12.1 Å². The molecule has 20 heavy (non-hydrogen) atoms. The van der Waals surface area contributed by atoms with Crippen molar-refractivity contribution in [2.24, 2.45) is 11.5 Å². The Morgan fingerprint density at radius 2 is 1.80 bits per heavy atom. The predicted octanol–water partition coefficient (Wildman–Crippen LogP) is 1.88. The number of anilines is 2. The summed E-state index contributed by atoms with van der Waals surface area (Å²) in [4.78, 5) is 23.6. The molecule has 6 nitrogen and oxygen atoms in total. The fourth-order valence-corrected chi connectivity index (χ4v) is 2.36. The second kappa shape index (κ2) is 6.18. The number of rotatable bonds is 4. The van der Waals surface area contributed by atoms with E-state index in [9.17, 15) is 9.59 Å². The summed E-state index contributed by atoms with van der Waals surface area (Å²) in [6.45, 7) is 0. The number of nitrogens with one attached hydrogen (secondary N) is 2. The summed E-state index contributed by atoms with van der Waals surface area (Å²) in [5, 5.41) is 6.99. The van der Waals surface area contributed by atoms with Crippen LogP contribution in [-0.2, 0) is 4.79 Å². The van der Waals surface area contributed by atoms with Crippen LogP contribution in [0.3, 0.4) is 0 Å². The number of hydrogen-bond acceptors (Lipinski definition) is 4. The standard InChI is InChI=1S/C13H14N4O2S/c14-11(10-5-2-6-20-10)12(18)16-8-3-1-4-9(7-8)17-13(15)19/h1-7,11H,14H2,(H,16,18)(H3,15,17,19). The zero-order valence-electron chi connectivity index (χ0n) is 10.5. The maximum Gasteiger partial charge on any atom is 0.316 e. The Balaban J connectivity index is 2.06. The van der Waals surface area contributed by atoms with Crippen LogP contribution in [-0.4, -0.2) is 11.9 Å². The van der Waals surface area contributed by atoms with Crippen LogP contribution in [0, 0.1) is 0 Å². The highest BCUT2D eigenvalue weighted by Crippen LogP contribution is 2.20. The molecular formula is C13H14N4O2S. The first-order chi connectivity index (χ1) is 9.56. The number of carbonyl (C=O) groups is 2. The van der Waals surface area contributed by atoms with E-state index in [2.05, 4.69) is 10.6 Å². The van der Waals surface area contributed by atoms with Gasteiger partial charge in [-0.3, -0.25) is 4.79 Å². The van der Waals surface area contributed by atoms with Crippen LogP contribution in [0.15, 0.2) is 41.8 Å². The van der Waals surface area contributed by atoms with Crippen LogP contribution in [0.5, 0.6) is 0 Å². The fourth-order valence-electron chi connectivity index (χ4n) is 1.63. The van der Waals surface area contributed by atoms with E-state index >= 15 is 0 Å². The monoisotopic (exact) mass is 290 g/mol. The first-order valence-corrected chi connectivity index (χ1v) is 6.70. The lowest BCUT2D eigenvalue weighted by molar-refractivity contribution is -0.117. The van der Waals surface area contributed by atoms with E-state index < -0.39 is 12.1 Å². The van der Waals surface area contributed by atoms with Crippen LogP contribution in [0.4, 0.5) is 16.2 Å². The highest BCUT2D eigenvalue weighted by atomic mass is 32.1. The van der Waals surface area contributed by atoms with Gasteiger partial charge in [0.15, 0.2) is 0 Å². The zero-order valence-corrected chi connectivity index (χ0v) is 11.3. The van der Waals surface area contributed by atoms with Gasteiger partial charge in [-0.2, -0.15) is 0 Å². The molecule has 0 spiro atoms. The minimum absolute atomic E-state index is 0.316. The lowest BCUT2D eigenvalue weighted by Gasteiger charge is -2.11. The highest BCUT2D eigenvalue weighted by molar-refractivity contribution is 7.10. The van der Waals surface area contributed by atoms with Gasteiger partial charge in [0, 0.05) is 16.3 Å². The van der Waals surface area contributed by atoms with E-state index in [0.29, 0.717) is 11.4 Å². The molecule has 2 aromatic rings. The van der Waals surface area contributed by atoms with Crippen LogP contribution < -0.4 is 22.1 Å². The Labute approximate surface area is 119 Å². The largest absolute Gasteiger partial charge is 0.351 e. The Morgan fingerprint density at radius 1 is 1.10 bits per heavy atom. The van der Waals surface area contributed by atoms with Gasteiger partial charge in [0.1, 0.15) is 6.04 Å². The van der Waals surface area contributed by atoms with Gasteiger partial charge in [0.05, 0.1) is 0 Å². The molecule has 7 heteroatoms. The van der Waals surface area contributed by atoms with Crippen LogP contribution in [0.1, 0.15) is 10.9 Å². The van der Waals surface area contributed by atoms with Gasteiger partial charge in [-0.25, -0.2) is 4.79 Å². The molecule has 0 aliphatic heterocycles. The molecule has 0 bridgehead atoms. The number of hydrogen-bond donors (Lipinski definition) is 4. The van der Waals surface area contributed by atoms with E-state index in [1.807, 2.05) is 11.4 Å². The lowest BCUT2D eigenvalue weighted by atomic mass is 10.2. The quantitative estimate of drug-likeness (QED) is 0.690. The predicted molar refractivity (Wildman–Crippen MR) is 79.5 cm³/mol. The Morgan fingerprint density at radius 3 is 2.40 bits per heavy atom. The maximum atomic E-state index is 12.0. The smallest absolute Gasteiger partial charge is 0.316 e. The molecule has 1 atom stereocenters. The van der Waals surface area contributed by atoms with E-state index in [1.54, 1.807) is 30.3 Å². The molecule has 0 fully saturated rings. The molecule has 0 saturated carbocycles. The summed E-state index contributed by atoms with van der Waals surface area (Å²) < 4.78 is 0. The summed E-state index contributed by atoms with van der Waals surface area (Å²) in [6, 6.07) is 8.92. The van der Waals surface area contributed by atoms with Crippen molar-refractivity contribution < 1.29 is 9.59 Å². The third-order valence-electron chi connectivity index (χ3n) is 2.53. The number of benzene rings is 1. The second-order valence-electron chi connectivity index (χ2n) is 4.05. The number of primary amides is 1. The normalized spacial score (nSPS) is 11.7. The molecule has 1 heterocycles. The summed E-state index contributed by atoms with van der Waals surface area (Å²) in [5.74, 6) is -0.316. The molecular weight excluding hydrogens is 276 g/mol. The number of amides is 3. The Hall–Kier alpha value is -2.38. The van der Waals surface area contributed by atoms with Gasteiger partial charge < -0.3 is 22.1 Å².